The van der Waals surface area contributed by atoms with Crippen molar-refractivity contribution in [3.63, 3.8) is 0 Å². The third-order valence-corrected chi connectivity index (χ3v) is 4.15. The highest BCUT2D eigenvalue weighted by molar-refractivity contribution is 5.78. The summed E-state index contributed by atoms with van der Waals surface area (Å²) in [7, 11) is 0. The van der Waals surface area contributed by atoms with Gasteiger partial charge in [-0.05, 0) is 25.5 Å². The van der Waals surface area contributed by atoms with Gasteiger partial charge in [0.1, 0.15) is 12.1 Å². The van der Waals surface area contributed by atoms with E-state index >= 15 is 0 Å². The van der Waals surface area contributed by atoms with Gasteiger partial charge < -0.3 is 9.64 Å². The van der Waals surface area contributed by atoms with Gasteiger partial charge in [-0.3, -0.25) is 9.59 Å². The summed E-state index contributed by atoms with van der Waals surface area (Å²) in [5.41, 5.74) is 0.251. The van der Waals surface area contributed by atoms with Crippen LogP contribution in [-0.4, -0.2) is 52.1 Å². The number of hydrogen-bond acceptors (Lipinski definition) is 5. The summed E-state index contributed by atoms with van der Waals surface area (Å²) in [5.74, 6) is 0.254. The Kier molecular flexibility index (Phi) is 4.66. The van der Waals surface area contributed by atoms with E-state index in [4.69, 9.17) is 4.74 Å². The highest BCUT2D eigenvalue weighted by Crippen LogP contribution is 2.14. The van der Waals surface area contributed by atoms with Crippen molar-refractivity contribution in [2.24, 2.45) is 5.92 Å². The normalized spacial score (nSPS) is 17.5. The van der Waals surface area contributed by atoms with Gasteiger partial charge in [-0.15, -0.1) is 5.10 Å². The molecular weight excluding hydrogens is 296 g/mol. The number of nitrogens with zero attached hydrogens (tertiary/aromatic N) is 4. The predicted octanol–water partition coefficient (Wildman–Crippen LogP) is 0.676. The van der Waals surface area contributed by atoms with E-state index in [0.29, 0.717) is 36.5 Å². The smallest absolute Gasteiger partial charge is 0.278 e. The molecule has 0 bridgehead atoms. The second-order valence-electron chi connectivity index (χ2n) is 5.73. The summed E-state index contributed by atoms with van der Waals surface area (Å²) < 4.78 is 6.49. The highest BCUT2D eigenvalue weighted by Gasteiger charge is 2.22. The number of rotatable bonds is 5. The number of benzene rings is 1. The zero-order chi connectivity index (χ0) is 16.2. The first kappa shape index (κ1) is 15.6. The van der Waals surface area contributed by atoms with Crippen molar-refractivity contribution in [3.8, 4) is 0 Å². The van der Waals surface area contributed by atoms with Gasteiger partial charge in [0.05, 0.1) is 12.0 Å². The van der Waals surface area contributed by atoms with Gasteiger partial charge in [0.2, 0.25) is 5.91 Å². The number of aromatic nitrogens is 3. The van der Waals surface area contributed by atoms with Gasteiger partial charge in [-0.1, -0.05) is 17.3 Å². The summed E-state index contributed by atoms with van der Waals surface area (Å²) in [5, 5.41) is 8.36. The van der Waals surface area contributed by atoms with Crippen molar-refractivity contribution >= 4 is 16.8 Å². The topological polar surface area (TPSA) is 77.3 Å². The van der Waals surface area contributed by atoms with Crippen LogP contribution < -0.4 is 5.56 Å². The lowest BCUT2D eigenvalue weighted by molar-refractivity contribution is -0.132. The van der Waals surface area contributed by atoms with Crippen molar-refractivity contribution in [3.05, 3.63) is 34.6 Å². The minimum Gasteiger partial charge on any atom is -0.381 e. The van der Waals surface area contributed by atoms with Crippen LogP contribution in [0.3, 0.4) is 0 Å². The van der Waals surface area contributed by atoms with Crippen LogP contribution in [0, 0.1) is 5.92 Å². The SMILES string of the molecule is CCN(C[C@@H]1CCOC1)C(=O)Cn1nnc2ccccc2c1=O. The molecule has 2 heterocycles. The fraction of sp³-hybridized carbons (Fsp3) is 0.500. The van der Waals surface area contributed by atoms with E-state index in [1.54, 1.807) is 29.2 Å². The van der Waals surface area contributed by atoms with E-state index in [0.717, 1.165) is 17.7 Å². The molecule has 7 nitrogen and oxygen atoms in total. The van der Waals surface area contributed by atoms with Crippen molar-refractivity contribution < 1.29 is 9.53 Å². The number of fused-ring (bicyclic) bond motifs is 1. The van der Waals surface area contributed by atoms with Gasteiger partial charge in [0.25, 0.3) is 5.56 Å². The number of ether oxygens (including phenoxy) is 1. The number of carbonyl (C=O) groups excluding carboxylic acids is 1. The van der Waals surface area contributed by atoms with E-state index in [-0.39, 0.29) is 18.0 Å². The quantitative estimate of drug-likeness (QED) is 0.810. The van der Waals surface area contributed by atoms with Crippen molar-refractivity contribution in [2.75, 3.05) is 26.3 Å². The first-order valence-corrected chi connectivity index (χ1v) is 7.87. The number of hydrogen-bond donors (Lipinski definition) is 0. The monoisotopic (exact) mass is 316 g/mol. The zero-order valence-electron chi connectivity index (χ0n) is 13.1. The molecule has 122 valence electrons. The molecule has 0 N–H and O–H groups in total. The second kappa shape index (κ2) is 6.87. The molecule has 23 heavy (non-hydrogen) atoms. The molecule has 0 saturated carbocycles. The Bertz CT molecular complexity index is 752. The average molecular weight is 316 g/mol. The molecule has 2 aromatic rings. The maximum atomic E-state index is 12.5. The molecule has 1 saturated heterocycles. The van der Waals surface area contributed by atoms with E-state index < -0.39 is 0 Å². The summed E-state index contributed by atoms with van der Waals surface area (Å²) in [6.45, 7) is 4.56. The highest BCUT2D eigenvalue weighted by atomic mass is 16.5. The largest absolute Gasteiger partial charge is 0.381 e. The maximum Gasteiger partial charge on any atom is 0.278 e. The molecule has 1 amide bonds. The fourth-order valence-electron chi connectivity index (χ4n) is 2.80. The van der Waals surface area contributed by atoms with E-state index in [1.807, 2.05) is 6.92 Å². The van der Waals surface area contributed by atoms with E-state index in [2.05, 4.69) is 10.3 Å². The lowest BCUT2D eigenvalue weighted by atomic mass is 10.1. The molecule has 0 unspecified atom stereocenters. The first-order valence-electron chi connectivity index (χ1n) is 7.87. The molecule has 0 aliphatic carbocycles. The Morgan fingerprint density at radius 3 is 3.00 bits per heavy atom. The molecule has 7 heteroatoms. The minimum atomic E-state index is -0.288. The van der Waals surface area contributed by atoms with Crippen molar-refractivity contribution in [1.82, 2.24) is 19.9 Å². The molecular formula is C16H20N4O3. The van der Waals surface area contributed by atoms with Crippen LogP contribution in [0.5, 0.6) is 0 Å². The molecule has 1 atom stereocenters. The zero-order valence-corrected chi connectivity index (χ0v) is 13.1. The minimum absolute atomic E-state index is 0.0852. The Labute approximate surface area is 133 Å². The number of likely N-dealkylation sites (N-methyl/N-ethyl adjacent to an activating group) is 1. The van der Waals surface area contributed by atoms with Crippen LogP contribution >= 0.6 is 0 Å². The van der Waals surface area contributed by atoms with Gasteiger partial charge in [-0.25, -0.2) is 4.68 Å². The van der Waals surface area contributed by atoms with Crippen LogP contribution in [0.4, 0.5) is 0 Å². The Balaban J connectivity index is 1.76. The van der Waals surface area contributed by atoms with Crippen molar-refractivity contribution in [1.29, 1.82) is 0 Å². The number of amides is 1. The molecule has 1 aromatic heterocycles. The third-order valence-electron chi connectivity index (χ3n) is 4.15. The molecule has 1 aliphatic rings. The van der Waals surface area contributed by atoms with Gasteiger partial charge >= 0.3 is 0 Å². The predicted molar refractivity (Wildman–Crippen MR) is 85.0 cm³/mol. The van der Waals surface area contributed by atoms with Crippen LogP contribution in [0.2, 0.25) is 0 Å². The summed E-state index contributed by atoms with van der Waals surface area (Å²) in [6.07, 6.45) is 0.972. The summed E-state index contributed by atoms with van der Waals surface area (Å²) >= 11 is 0. The molecule has 0 spiro atoms. The fourth-order valence-corrected chi connectivity index (χ4v) is 2.80. The van der Waals surface area contributed by atoms with E-state index in [1.165, 1.54) is 0 Å². The van der Waals surface area contributed by atoms with Gasteiger partial charge in [0.15, 0.2) is 0 Å². The molecule has 0 radical (unpaired) electrons. The molecule has 1 aromatic carbocycles. The van der Waals surface area contributed by atoms with Crippen LogP contribution in [0.15, 0.2) is 29.1 Å². The van der Waals surface area contributed by atoms with Crippen LogP contribution in [-0.2, 0) is 16.1 Å². The van der Waals surface area contributed by atoms with Crippen LogP contribution in [0.1, 0.15) is 13.3 Å². The lowest BCUT2D eigenvalue weighted by Gasteiger charge is -2.23. The van der Waals surface area contributed by atoms with Crippen LogP contribution in [0.25, 0.3) is 10.9 Å². The standard InChI is InChI=1S/C16H20N4O3/c1-2-19(9-12-7-8-23-11-12)15(21)10-20-16(22)13-5-3-4-6-14(13)17-18-20/h3-6,12H,2,7-11H2,1H3/t12-/m0/s1. The van der Waals surface area contributed by atoms with Gasteiger partial charge in [0, 0.05) is 25.6 Å². The Morgan fingerprint density at radius 2 is 2.26 bits per heavy atom. The number of carbonyl (C=O) groups is 1. The van der Waals surface area contributed by atoms with Gasteiger partial charge in [-0.2, -0.15) is 0 Å². The molecule has 3 rings (SSSR count). The maximum absolute atomic E-state index is 12.5. The van der Waals surface area contributed by atoms with E-state index in [9.17, 15) is 9.59 Å². The Morgan fingerprint density at radius 1 is 1.43 bits per heavy atom. The lowest BCUT2D eigenvalue weighted by Crippen LogP contribution is -2.40. The second-order valence-corrected chi connectivity index (χ2v) is 5.73. The van der Waals surface area contributed by atoms with Crippen molar-refractivity contribution in [2.45, 2.75) is 19.9 Å². The summed E-state index contributed by atoms with van der Waals surface area (Å²) in [4.78, 5) is 26.6. The Hall–Kier alpha value is -2.28. The average Bonchev–Trinajstić information content (AvgIpc) is 3.08. The first-order chi connectivity index (χ1) is 11.2. The molecule has 1 aliphatic heterocycles. The summed E-state index contributed by atoms with van der Waals surface area (Å²) in [6, 6.07) is 7.00. The molecule has 1 fully saturated rings. The third kappa shape index (κ3) is 3.39.